The zero-order valence-corrected chi connectivity index (χ0v) is 22.0. The fourth-order valence-corrected chi connectivity index (χ4v) is 7.46. The quantitative estimate of drug-likeness (QED) is 0.345. The highest BCUT2D eigenvalue weighted by Crippen LogP contribution is 2.63. The number of anilines is 1. The van der Waals surface area contributed by atoms with Crippen molar-refractivity contribution in [3.8, 4) is 11.3 Å². The van der Waals surface area contributed by atoms with Crippen molar-refractivity contribution in [1.29, 1.82) is 0 Å². The predicted molar refractivity (Wildman–Crippen MR) is 146 cm³/mol. The van der Waals surface area contributed by atoms with Gasteiger partial charge in [0.05, 0.1) is 22.3 Å². The maximum atomic E-state index is 14.7. The fourth-order valence-electron chi connectivity index (χ4n) is 6.63. The highest BCUT2D eigenvalue weighted by Gasteiger charge is 2.66. The third kappa shape index (κ3) is 3.56. The number of hydrogen-bond acceptors (Lipinski definition) is 8. The number of benzene rings is 2. The monoisotopic (exact) mass is 543 g/mol. The van der Waals surface area contributed by atoms with Crippen LogP contribution in [-0.2, 0) is 15.3 Å². The molecule has 1 saturated heterocycles. The highest BCUT2D eigenvalue weighted by molar-refractivity contribution is 7.91. The molecule has 3 N–H and O–H groups in total. The third-order valence-corrected chi connectivity index (χ3v) is 9.65. The van der Waals surface area contributed by atoms with Crippen LogP contribution in [0.4, 0.5) is 10.2 Å². The van der Waals surface area contributed by atoms with Gasteiger partial charge in [-0.2, -0.15) is 5.10 Å². The first kappa shape index (κ1) is 24.1. The molecule has 0 radical (unpaired) electrons. The summed E-state index contributed by atoms with van der Waals surface area (Å²) >= 11 is 0. The first-order chi connectivity index (χ1) is 18.8. The van der Waals surface area contributed by atoms with Crippen LogP contribution < -0.4 is 10.6 Å². The van der Waals surface area contributed by atoms with E-state index >= 15 is 0 Å². The van der Waals surface area contributed by atoms with Crippen LogP contribution in [0.5, 0.6) is 0 Å². The molecule has 0 amide bonds. The molecular formula is C28H26FN7O2S. The molecule has 5 aromatic rings. The van der Waals surface area contributed by atoms with Crippen molar-refractivity contribution in [1.82, 2.24) is 25.1 Å². The minimum absolute atomic E-state index is 0.173. The van der Waals surface area contributed by atoms with E-state index in [1.54, 1.807) is 36.7 Å². The molecule has 9 nitrogen and oxygen atoms in total. The summed E-state index contributed by atoms with van der Waals surface area (Å²) in [6.07, 6.45) is 5.38. The number of pyridine rings is 1. The Hall–Kier alpha value is -3.96. The van der Waals surface area contributed by atoms with Crippen LogP contribution in [0.3, 0.4) is 0 Å². The largest absolute Gasteiger partial charge is 0.355 e. The first-order valence-corrected chi connectivity index (χ1v) is 14.7. The summed E-state index contributed by atoms with van der Waals surface area (Å²) in [6.45, 7) is 1.90. The number of nitrogens with two attached hydrogens (primary N) is 1. The first-order valence-electron chi connectivity index (χ1n) is 12.8. The fraction of sp³-hybridized carbons (Fsp3) is 0.286. The van der Waals surface area contributed by atoms with E-state index in [1.807, 2.05) is 18.2 Å². The van der Waals surface area contributed by atoms with E-state index in [4.69, 9.17) is 15.7 Å². The van der Waals surface area contributed by atoms with Crippen molar-refractivity contribution in [3.05, 3.63) is 72.3 Å². The normalized spacial score (nSPS) is 22.8. The summed E-state index contributed by atoms with van der Waals surface area (Å²) in [5.74, 6) is 1.11. The number of H-pyrrole nitrogens is 1. The van der Waals surface area contributed by atoms with Crippen LogP contribution in [0, 0.1) is 17.7 Å². The van der Waals surface area contributed by atoms with Crippen LogP contribution in [0.1, 0.15) is 12.0 Å². The molecule has 4 heterocycles. The Morgan fingerprint density at radius 3 is 2.74 bits per heavy atom. The molecule has 198 valence electrons. The van der Waals surface area contributed by atoms with Crippen molar-refractivity contribution in [3.63, 3.8) is 0 Å². The number of rotatable bonds is 5. The second-order valence-corrected chi connectivity index (χ2v) is 12.4. The van der Waals surface area contributed by atoms with Crippen molar-refractivity contribution in [2.75, 3.05) is 30.8 Å². The number of nitrogens with one attached hydrogen (secondary N) is 1. The zero-order chi connectivity index (χ0) is 26.9. The van der Waals surface area contributed by atoms with E-state index in [-0.39, 0.29) is 22.0 Å². The number of fused-ring (bicyclic) bond motifs is 3. The molecule has 1 saturated carbocycles. The van der Waals surface area contributed by atoms with Gasteiger partial charge in [0.2, 0.25) is 5.65 Å². The number of hydrogen-bond donors (Lipinski definition) is 2. The SMILES string of the molecule is CS(=O)(=O)c1ccc(-c2[nH]nc3nc(N4CC[C@@H]5[C@H](C4)[C@@]5(CN)c4ccccc4F)cnc23)c2cccnc12. The molecule has 2 fully saturated rings. The minimum atomic E-state index is -3.46. The van der Waals surface area contributed by atoms with Crippen molar-refractivity contribution >= 4 is 37.7 Å². The summed E-state index contributed by atoms with van der Waals surface area (Å²) in [5, 5.41) is 8.16. The van der Waals surface area contributed by atoms with Crippen LogP contribution in [0.15, 0.2) is 65.8 Å². The van der Waals surface area contributed by atoms with E-state index in [9.17, 15) is 12.8 Å². The van der Waals surface area contributed by atoms with E-state index in [0.717, 1.165) is 25.1 Å². The van der Waals surface area contributed by atoms with Crippen LogP contribution in [-0.4, -0.2) is 59.5 Å². The number of sulfone groups is 1. The molecule has 3 aromatic heterocycles. The maximum absolute atomic E-state index is 14.7. The van der Waals surface area contributed by atoms with Crippen molar-refractivity contribution < 1.29 is 12.8 Å². The highest BCUT2D eigenvalue weighted by atomic mass is 32.2. The van der Waals surface area contributed by atoms with E-state index in [2.05, 4.69) is 20.1 Å². The lowest BCUT2D eigenvalue weighted by Gasteiger charge is -2.26. The molecule has 1 aliphatic heterocycles. The minimum Gasteiger partial charge on any atom is -0.355 e. The van der Waals surface area contributed by atoms with E-state index in [1.165, 1.54) is 12.3 Å². The topological polar surface area (TPSA) is 131 Å². The Kier molecular flexibility index (Phi) is 5.27. The molecule has 1 aliphatic carbocycles. The molecule has 3 atom stereocenters. The van der Waals surface area contributed by atoms with Crippen LogP contribution >= 0.6 is 0 Å². The molecule has 2 aliphatic rings. The average Bonchev–Trinajstić information content (AvgIpc) is 3.40. The summed E-state index contributed by atoms with van der Waals surface area (Å²) in [7, 11) is -3.46. The lowest BCUT2D eigenvalue weighted by Crippen LogP contribution is -2.32. The number of aromatic nitrogens is 5. The lowest BCUT2D eigenvalue weighted by molar-refractivity contribution is 0.533. The van der Waals surface area contributed by atoms with Crippen LogP contribution in [0.25, 0.3) is 33.3 Å². The second-order valence-electron chi connectivity index (χ2n) is 10.5. The number of nitrogens with zero attached hydrogens (tertiary/aromatic N) is 5. The van der Waals surface area contributed by atoms with Gasteiger partial charge >= 0.3 is 0 Å². The van der Waals surface area contributed by atoms with E-state index < -0.39 is 9.84 Å². The Morgan fingerprint density at radius 2 is 1.95 bits per heavy atom. The molecule has 39 heavy (non-hydrogen) atoms. The van der Waals surface area contributed by atoms with Gasteiger partial charge < -0.3 is 10.6 Å². The van der Waals surface area contributed by atoms with E-state index in [0.29, 0.717) is 51.6 Å². The number of piperidine rings is 1. The molecular weight excluding hydrogens is 517 g/mol. The van der Waals surface area contributed by atoms with Crippen molar-refractivity contribution in [2.45, 2.75) is 16.7 Å². The number of halogens is 1. The standard InChI is InChI=1S/C28H26FN7O2S/c1-39(37,38)22-9-8-17(16-5-4-11-31-24(16)22)25-26-27(35-34-25)33-23(13-32-26)36-12-10-18-20(14-36)28(18,15-30)19-6-2-3-7-21(19)29/h2-9,11,13,18,20H,10,12,14-15,30H2,1H3,(H,33,34,35)/t18-,20+,28-/m1/s1. The Labute approximate surface area is 224 Å². The predicted octanol–water partition coefficient (Wildman–Crippen LogP) is 3.46. The summed E-state index contributed by atoms with van der Waals surface area (Å²) in [5.41, 5.74) is 9.45. The van der Waals surface area contributed by atoms with Gasteiger partial charge in [0.25, 0.3) is 0 Å². The summed E-state index contributed by atoms with van der Waals surface area (Å²) < 4.78 is 39.4. The lowest BCUT2D eigenvalue weighted by atomic mass is 9.91. The summed E-state index contributed by atoms with van der Waals surface area (Å²) in [4.78, 5) is 16.2. The van der Waals surface area contributed by atoms with Crippen molar-refractivity contribution in [2.24, 2.45) is 17.6 Å². The molecule has 11 heteroatoms. The van der Waals surface area contributed by atoms with Gasteiger partial charge in [0, 0.05) is 48.5 Å². The molecule has 0 bridgehead atoms. The van der Waals surface area contributed by atoms with Gasteiger partial charge in [-0.25, -0.2) is 22.8 Å². The molecule has 2 aromatic carbocycles. The molecule has 0 unspecified atom stereocenters. The third-order valence-electron chi connectivity index (χ3n) is 8.52. The second kappa shape index (κ2) is 8.52. The summed E-state index contributed by atoms with van der Waals surface area (Å²) in [6, 6.07) is 13.9. The Balaban J connectivity index is 1.22. The van der Waals surface area contributed by atoms with Gasteiger partial charge in [0.1, 0.15) is 17.2 Å². The average molecular weight is 544 g/mol. The molecule has 7 rings (SSSR count). The number of aromatic amines is 1. The Bertz CT molecular complexity index is 1870. The maximum Gasteiger partial charge on any atom is 0.202 e. The van der Waals surface area contributed by atoms with Gasteiger partial charge in [-0.3, -0.25) is 10.1 Å². The smallest absolute Gasteiger partial charge is 0.202 e. The van der Waals surface area contributed by atoms with Gasteiger partial charge in [-0.15, -0.1) is 0 Å². The van der Waals surface area contributed by atoms with Gasteiger partial charge in [-0.1, -0.05) is 30.3 Å². The van der Waals surface area contributed by atoms with Gasteiger partial charge in [0.15, 0.2) is 9.84 Å². The zero-order valence-electron chi connectivity index (χ0n) is 21.2. The Morgan fingerprint density at radius 1 is 1.10 bits per heavy atom. The van der Waals surface area contributed by atoms with Gasteiger partial charge in [-0.05, 0) is 42.0 Å². The molecule has 0 spiro atoms. The van der Waals surface area contributed by atoms with Crippen LogP contribution in [0.2, 0.25) is 0 Å².